The molecule has 0 aliphatic rings. The Kier molecular flexibility index (Phi) is 10.4. The fourth-order valence-corrected chi connectivity index (χ4v) is 2.39. The average molecular weight is 357 g/mol. The molecule has 0 bridgehead atoms. The number of rotatable bonds is 11. The summed E-state index contributed by atoms with van der Waals surface area (Å²) in [6.07, 6.45) is 2.04. The van der Waals surface area contributed by atoms with E-state index in [4.69, 9.17) is 5.73 Å². The summed E-state index contributed by atoms with van der Waals surface area (Å²) in [6.45, 7) is 11.2. The Morgan fingerprint density at radius 1 is 0.800 bits per heavy atom. The molecule has 0 fully saturated rings. The van der Waals surface area contributed by atoms with Gasteiger partial charge in [-0.15, -0.1) is 0 Å². The largest absolute Gasteiger partial charge is 0.480 e. The molecule has 0 unspecified atom stereocenters. The fourth-order valence-electron chi connectivity index (χ4n) is 2.39. The number of carbonyl (C=O) groups is 3. The van der Waals surface area contributed by atoms with Crippen LogP contribution in [0.2, 0.25) is 0 Å². The van der Waals surface area contributed by atoms with Crippen molar-refractivity contribution >= 4 is 17.8 Å². The van der Waals surface area contributed by atoms with Crippen LogP contribution in [0, 0.1) is 17.8 Å². The van der Waals surface area contributed by atoms with Gasteiger partial charge in [-0.05, 0) is 17.8 Å². The fraction of sp³-hybridized carbons (Fsp3) is 0.833. The zero-order valence-corrected chi connectivity index (χ0v) is 16.3. The molecule has 2 amide bonds. The first-order valence-corrected chi connectivity index (χ1v) is 9.19. The van der Waals surface area contributed by atoms with Crippen LogP contribution in [0.5, 0.6) is 0 Å². The van der Waals surface area contributed by atoms with E-state index in [9.17, 15) is 19.5 Å². The van der Waals surface area contributed by atoms with E-state index in [1.165, 1.54) is 0 Å². The molecule has 0 saturated carbocycles. The zero-order valence-electron chi connectivity index (χ0n) is 16.3. The van der Waals surface area contributed by atoms with Crippen LogP contribution in [-0.2, 0) is 14.4 Å². The lowest BCUT2D eigenvalue weighted by molar-refractivity contribution is -0.144. The molecule has 7 heteroatoms. The highest BCUT2D eigenvalue weighted by Crippen LogP contribution is 2.13. The summed E-state index contributed by atoms with van der Waals surface area (Å²) in [5.74, 6) is -2.30. The van der Waals surface area contributed by atoms with Crippen LogP contribution in [0.3, 0.4) is 0 Å². The van der Waals surface area contributed by atoms with Crippen LogP contribution in [-0.4, -0.2) is 41.0 Å². The highest BCUT2D eigenvalue weighted by atomic mass is 16.4. The van der Waals surface area contributed by atoms with E-state index < -0.39 is 30.0 Å². The number of carbonyl (C=O) groups excluding carboxylic acids is 2. The molecule has 5 N–H and O–H groups in total. The summed E-state index contributed by atoms with van der Waals surface area (Å²) < 4.78 is 0. The lowest BCUT2D eigenvalue weighted by atomic mass is 9.94. The Balaban J connectivity index is 5.23. The second-order valence-corrected chi connectivity index (χ2v) is 6.99. The van der Waals surface area contributed by atoms with Gasteiger partial charge in [0, 0.05) is 0 Å². The summed E-state index contributed by atoms with van der Waals surface area (Å²) in [4.78, 5) is 36.4. The molecule has 7 nitrogen and oxygen atoms in total. The Labute approximate surface area is 151 Å². The number of amides is 2. The van der Waals surface area contributed by atoms with Crippen LogP contribution < -0.4 is 16.4 Å². The van der Waals surface area contributed by atoms with Crippen LogP contribution >= 0.6 is 0 Å². The normalized spacial score (nSPS) is 18.4. The maximum absolute atomic E-state index is 12.6. The van der Waals surface area contributed by atoms with Crippen molar-refractivity contribution in [1.29, 1.82) is 0 Å². The lowest BCUT2D eigenvalue weighted by Gasteiger charge is -2.29. The first-order valence-electron chi connectivity index (χ1n) is 9.19. The molecule has 0 aromatic heterocycles. The van der Waals surface area contributed by atoms with E-state index >= 15 is 0 Å². The molecule has 0 aliphatic heterocycles. The zero-order chi connectivity index (χ0) is 19.7. The number of hydrogen-bond donors (Lipinski definition) is 4. The third-order valence-electron chi connectivity index (χ3n) is 5.13. The summed E-state index contributed by atoms with van der Waals surface area (Å²) >= 11 is 0. The van der Waals surface area contributed by atoms with E-state index in [1.54, 1.807) is 6.92 Å². The average Bonchev–Trinajstić information content (AvgIpc) is 2.60. The van der Waals surface area contributed by atoms with Gasteiger partial charge < -0.3 is 21.5 Å². The Morgan fingerprint density at radius 3 is 1.60 bits per heavy atom. The van der Waals surface area contributed by atoms with Gasteiger partial charge in [-0.25, -0.2) is 4.79 Å². The number of carboxylic acids is 1. The number of hydrogen-bond acceptors (Lipinski definition) is 4. The minimum atomic E-state index is -1.08. The third-order valence-corrected chi connectivity index (χ3v) is 5.13. The van der Waals surface area contributed by atoms with E-state index in [0.29, 0.717) is 12.8 Å². The topological polar surface area (TPSA) is 122 Å². The van der Waals surface area contributed by atoms with Crippen molar-refractivity contribution in [3.63, 3.8) is 0 Å². The first kappa shape index (κ1) is 23.4. The highest BCUT2D eigenvalue weighted by Gasteiger charge is 2.33. The van der Waals surface area contributed by atoms with Crippen molar-refractivity contribution in [2.24, 2.45) is 23.5 Å². The molecule has 0 spiro atoms. The Hall–Kier alpha value is -1.63. The van der Waals surface area contributed by atoms with Crippen LogP contribution in [0.25, 0.3) is 0 Å². The van der Waals surface area contributed by atoms with Gasteiger partial charge in [0.25, 0.3) is 0 Å². The Morgan fingerprint density at radius 2 is 1.20 bits per heavy atom. The summed E-state index contributed by atoms with van der Waals surface area (Å²) in [6, 6.07) is -2.49. The van der Waals surface area contributed by atoms with Crippen LogP contribution in [0.15, 0.2) is 0 Å². The van der Waals surface area contributed by atoms with Gasteiger partial charge >= 0.3 is 5.97 Å². The predicted octanol–water partition coefficient (Wildman–Crippen LogP) is 1.51. The second-order valence-electron chi connectivity index (χ2n) is 6.99. The molecular weight excluding hydrogens is 322 g/mol. The van der Waals surface area contributed by atoms with Gasteiger partial charge in [0.1, 0.15) is 12.1 Å². The van der Waals surface area contributed by atoms with Gasteiger partial charge in [0.2, 0.25) is 11.8 Å². The molecular formula is C18H35N3O4. The maximum atomic E-state index is 12.6. The summed E-state index contributed by atoms with van der Waals surface area (Å²) in [5.41, 5.74) is 5.94. The molecule has 0 aliphatic carbocycles. The SMILES string of the molecule is CC[C@@H](C)[C@H](NC(=O)[C@H](NC(=O)[C@H](N)[C@@H](C)CC)[C@@H](C)CC)C(=O)O. The molecule has 146 valence electrons. The van der Waals surface area contributed by atoms with E-state index in [0.717, 1.165) is 6.42 Å². The number of nitrogens with one attached hydrogen (secondary N) is 2. The van der Waals surface area contributed by atoms with E-state index in [-0.39, 0.29) is 23.7 Å². The molecule has 0 aromatic carbocycles. The van der Waals surface area contributed by atoms with Gasteiger partial charge in [-0.3, -0.25) is 9.59 Å². The number of carboxylic acid groups (broad SMARTS) is 1. The summed E-state index contributed by atoms with van der Waals surface area (Å²) in [5, 5.41) is 14.6. The monoisotopic (exact) mass is 357 g/mol. The van der Waals surface area contributed by atoms with Crippen LogP contribution in [0.4, 0.5) is 0 Å². The van der Waals surface area contributed by atoms with Crippen molar-refractivity contribution in [3.8, 4) is 0 Å². The van der Waals surface area contributed by atoms with Crippen molar-refractivity contribution in [2.45, 2.75) is 78.9 Å². The molecule has 0 heterocycles. The smallest absolute Gasteiger partial charge is 0.326 e. The Bertz CT molecular complexity index is 456. The minimum Gasteiger partial charge on any atom is -0.480 e. The molecule has 0 rings (SSSR count). The molecule has 0 radical (unpaired) electrons. The molecule has 0 aromatic rings. The van der Waals surface area contributed by atoms with Crippen molar-refractivity contribution < 1.29 is 19.5 Å². The van der Waals surface area contributed by atoms with Gasteiger partial charge in [-0.2, -0.15) is 0 Å². The number of aliphatic carboxylic acids is 1. The molecule has 25 heavy (non-hydrogen) atoms. The summed E-state index contributed by atoms with van der Waals surface area (Å²) in [7, 11) is 0. The van der Waals surface area contributed by atoms with Gasteiger partial charge in [-0.1, -0.05) is 60.8 Å². The first-order chi connectivity index (χ1) is 11.6. The van der Waals surface area contributed by atoms with Gasteiger partial charge in [0.15, 0.2) is 0 Å². The predicted molar refractivity (Wildman–Crippen MR) is 97.8 cm³/mol. The van der Waals surface area contributed by atoms with E-state index in [2.05, 4.69) is 10.6 Å². The lowest BCUT2D eigenvalue weighted by Crippen LogP contribution is -2.58. The third kappa shape index (κ3) is 7.02. The standard InChI is InChI=1S/C18H35N3O4/c1-7-10(4)13(19)16(22)20-14(11(5)8-2)17(23)21-15(18(24)25)12(6)9-3/h10-15H,7-9,19H2,1-6H3,(H,20,22)(H,21,23)(H,24,25)/t10-,11-,12+,13+,14+,15-/m0/s1. The highest BCUT2D eigenvalue weighted by molar-refractivity contribution is 5.92. The maximum Gasteiger partial charge on any atom is 0.326 e. The quantitative estimate of drug-likeness (QED) is 0.446. The second kappa shape index (κ2) is 11.1. The molecule has 0 saturated heterocycles. The van der Waals surface area contributed by atoms with E-state index in [1.807, 2.05) is 34.6 Å². The van der Waals surface area contributed by atoms with Crippen molar-refractivity contribution in [3.05, 3.63) is 0 Å². The minimum absolute atomic E-state index is 0.00692. The van der Waals surface area contributed by atoms with Gasteiger partial charge in [0.05, 0.1) is 6.04 Å². The van der Waals surface area contributed by atoms with Crippen molar-refractivity contribution in [2.75, 3.05) is 0 Å². The van der Waals surface area contributed by atoms with Crippen LogP contribution in [0.1, 0.15) is 60.8 Å². The number of nitrogens with two attached hydrogens (primary N) is 1. The molecule has 6 atom stereocenters. The van der Waals surface area contributed by atoms with Crippen molar-refractivity contribution in [1.82, 2.24) is 10.6 Å².